The van der Waals surface area contributed by atoms with E-state index < -0.39 is 0 Å². The van der Waals surface area contributed by atoms with E-state index in [0.717, 1.165) is 31.3 Å². The minimum atomic E-state index is 0.697. The van der Waals surface area contributed by atoms with Crippen LogP contribution in [-0.4, -0.2) is 0 Å². The first-order valence-corrected chi connectivity index (χ1v) is 7.05. The maximum Gasteiger partial charge on any atom is 0.0426 e. The largest absolute Gasteiger partial charge is 0.381 e. The highest BCUT2D eigenvalue weighted by atomic mass is 79.9. The topological polar surface area (TPSA) is 12.0 Å². The van der Waals surface area contributed by atoms with Crippen LogP contribution in [0.1, 0.15) is 11.1 Å². The van der Waals surface area contributed by atoms with Gasteiger partial charge in [0.15, 0.2) is 0 Å². The van der Waals surface area contributed by atoms with Gasteiger partial charge in [-0.05, 0) is 48.4 Å². The lowest BCUT2D eigenvalue weighted by atomic mass is 10.2. The summed E-state index contributed by atoms with van der Waals surface area (Å²) < 4.78 is 1.04. The highest BCUT2D eigenvalue weighted by Crippen LogP contribution is 2.24. The SMILES string of the molecule is Cc1ccc(Cl)cc1NCc1cc(Cl)ccc1Br. The lowest BCUT2D eigenvalue weighted by Crippen LogP contribution is -2.01. The lowest BCUT2D eigenvalue weighted by Gasteiger charge is -2.11. The minimum absolute atomic E-state index is 0.697. The molecule has 2 aromatic rings. The van der Waals surface area contributed by atoms with Crippen LogP contribution in [0.2, 0.25) is 10.0 Å². The molecule has 0 aromatic heterocycles. The number of anilines is 1. The Labute approximate surface area is 125 Å². The molecule has 0 aliphatic rings. The normalized spacial score (nSPS) is 10.4. The zero-order valence-electron chi connectivity index (χ0n) is 9.81. The molecule has 0 saturated heterocycles. The fourth-order valence-electron chi connectivity index (χ4n) is 1.65. The van der Waals surface area contributed by atoms with Crippen molar-refractivity contribution in [2.24, 2.45) is 0 Å². The molecule has 0 fully saturated rings. The second-order valence-corrected chi connectivity index (χ2v) is 5.78. The van der Waals surface area contributed by atoms with Gasteiger partial charge in [0.05, 0.1) is 0 Å². The summed E-state index contributed by atoms with van der Waals surface area (Å²) in [6.07, 6.45) is 0. The van der Waals surface area contributed by atoms with Gasteiger partial charge < -0.3 is 5.32 Å². The summed E-state index contributed by atoms with van der Waals surface area (Å²) >= 11 is 15.5. The number of hydrogen-bond acceptors (Lipinski definition) is 1. The van der Waals surface area contributed by atoms with E-state index in [-0.39, 0.29) is 0 Å². The van der Waals surface area contributed by atoms with E-state index in [0.29, 0.717) is 6.54 Å². The highest BCUT2D eigenvalue weighted by Gasteiger charge is 2.03. The molecule has 0 amide bonds. The second-order valence-electron chi connectivity index (χ2n) is 4.05. The third-order valence-electron chi connectivity index (χ3n) is 2.68. The van der Waals surface area contributed by atoms with Crippen LogP contribution in [0, 0.1) is 6.92 Å². The average Bonchev–Trinajstić information content (AvgIpc) is 2.34. The lowest BCUT2D eigenvalue weighted by molar-refractivity contribution is 1.13. The second kappa shape index (κ2) is 5.96. The van der Waals surface area contributed by atoms with Crippen molar-refractivity contribution in [3.63, 3.8) is 0 Å². The molecule has 0 unspecified atom stereocenters. The Morgan fingerprint density at radius 1 is 1.06 bits per heavy atom. The summed E-state index contributed by atoms with van der Waals surface area (Å²) in [5.41, 5.74) is 3.31. The quantitative estimate of drug-likeness (QED) is 0.755. The van der Waals surface area contributed by atoms with E-state index in [1.165, 1.54) is 0 Å². The zero-order valence-corrected chi connectivity index (χ0v) is 12.9. The number of nitrogens with one attached hydrogen (secondary N) is 1. The molecule has 0 saturated carbocycles. The van der Waals surface area contributed by atoms with Gasteiger partial charge in [-0.1, -0.05) is 45.2 Å². The molecule has 94 valence electrons. The van der Waals surface area contributed by atoms with Crippen LogP contribution in [0.4, 0.5) is 5.69 Å². The van der Waals surface area contributed by atoms with Crippen LogP contribution in [0.25, 0.3) is 0 Å². The average molecular weight is 345 g/mol. The van der Waals surface area contributed by atoms with Crippen LogP contribution in [0.5, 0.6) is 0 Å². The van der Waals surface area contributed by atoms with Gasteiger partial charge in [0, 0.05) is 26.8 Å². The minimum Gasteiger partial charge on any atom is -0.381 e. The zero-order chi connectivity index (χ0) is 13.1. The molecule has 2 rings (SSSR count). The molecule has 0 radical (unpaired) electrons. The Balaban J connectivity index is 2.16. The van der Waals surface area contributed by atoms with Crippen molar-refractivity contribution in [1.82, 2.24) is 0 Å². The predicted octanol–water partition coefficient (Wildman–Crippen LogP) is 5.68. The first-order chi connectivity index (χ1) is 8.56. The van der Waals surface area contributed by atoms with Crippen molar-refractivity contribution in [1.29, 1.82) is 0 Å². The Kier molecular flexibility index (Phi) is 4.55. The number of benzene rings is 2. The Hall–Kier alpha value is -0.700. The fraction of sp³-hybridized carbons (Fsp3) is 0.143. The predicted molar refractivity (Wildman–Crippen MR) is 82.7 cm³/mol. The monoisotopic (exact) mass is 343 g/mol. The van der Waals surface area contributed by atoms with Crippen molar-refractivity contribution < 1.29 is 0 Å². The Bertz CT molecular complexity index is 518. The summed E-state index contributed by atoms with van der Waals surface area (Å²) in [5.74, 6) is 0. The van der Waals surface area contributed by atoms with Gasteiger partial charge >= 0.3 is 0 Å². The summed E-state index contributed by atoms with van der Waals surface area (Å²) in [5, 5.41) is 4.83. The van der Waals surface area contributed by atoms with Gasteiger partial charge in [-0.15, -0.1) is 0 Å². The molecule has 0 aliphatic carbocycles. The van der Waals surface area contributed by atoms with Crippen LogP contribution in [-0.2, 0) is 6.54 Å². The summed E-state index contributed by atoms with van der Waals surface area (Å²) in [6.45, 7) is 2.74. The third-order valence-corrected chi connectivity index (χ3v) is 3.92. The van der Waals surface area contributed by atoms with Gasteiger partial charge in [-0.25, -0.2) is 0 Å². The first-order valence-electron chi connectivity index (χ1n) is 5.50. The van der Waals surface area contributed by atoms with Crippen LogP contribution in [0.15, 0.2) is 40.9 Å². The number of aryl methyl sites for hydroxylation is 1. The maximum absolute atomic E-state index is 5.99. The molecule has 0 spiro atoms. The van der Waals surface area contributed by atoms with Crippen LogP contribution < -0.4 is 5.32 Å². The standard InChI is InChI=1S/C14H12BrCl2N/c1-9-2-3-12(17)7-14(9)18-8-10-6-11(16)4-5-13(10)15/h2-7,18H,8H2,1H3. The molecular weight excluding hydrogens is 333 g/mol. The van der Waals surface area contributed by atoms with Crippen molar-refractivity contribution in [3.05, 3.63) is 62.0 Å². The number of halogens is 3. The number of hydrogen-bond donors (Lipinski definition) is 1. The molecule has 2 aromatic carbocycles. The summed E-state index contributed by atoms with van der Waals surface area (Å²) in [6, 6.07) is 11.6. The third kappa shape index (κ3) is 3.41. The highest BCUT2D eigenvalue weighted by molar-refractivity contribution is 9.10. The first kappa shape index (κ1) is 13.7. The smallest absolute Gasteiger partial charge is 0.0426 e. The molecule has 0 bridgehead atoms. The summed E-state index contributed by atoms with van der Waals surface area (Å²) in [7, 11) is 0. The molecule has 0 heterocycles. The van der Waals surface area contributed by atoms with E-state index in [9.17, 15) is 0 Å². The van der Waals surface area contributed by atoms with E-state index in [2.05, 4.69) is 21.2 Å². The molecule has 4 heteroatoms. The van der Waals surface area contributed by atoms with E-state index in [4.69, 9.17) is 23.2 Å². The molecule has 18 heavy (non-hydrogen) atoms. The molecule has 0 aliphatic heterocycles. The van der Waals surface area contributed by atoms with Crippen LogP contribution >= 0.6 is 39.1 Å². The van der Waals surface area contributed by atoms with Crippen molar-refractivity contribution >= 4 is 44.8 Å². The molecule has 1 N–H and O–H groups in total. The summed E-state index contributed by atoms with van der Waals surface area (Å²) in [4.78, 5) is 0. The molecular formula is C14H12BrCl2N. The Morgan fingerprint density at radius 3 is 2.50 bits per heavy atom. The number of rotatable bonds is 3. The van der Waals surface area contributed by atoms with Gasteiger partial charge in [-0.2, -0.15) is 0 Å². The van der Waals surface area contributed by atoms with Gasteiger partial charge in [0.1, 0.15) is 0 Å². The van der Waals surface area contributed by atoms with Gasteiger partial charge in [0.2, 0.25) is 0 Å². The van der Waals surface area contributed by atoms with Crippen molar-refractivity contribution in [2.75, 3.05) is 5.32 Å². The van der Waals surface area contributed by atoms with Crippen molar-refractivity contribution in [2.45, 2.75) is 13.5 Å². The van der Waals surface area contributed by atoms with Gasteiger partial charge in [0.25, 0.3) is 0 Å². The molecule has 0 atom stereocenters. The van der Waals surface area contributed by atoms with E-state index >= 15 is 0 Å². The van der Waals surface area contributed by atoms with Crippen molar-refractivity contribution in [3.8, 4) is 0 Å². The molecule has 1 nitrogen and oxygen atoms in total. The Morgan fingerprint density at radius 2 is 1.72 bits per heavy atom. The maximum atomic E-state index is 5.99. The van der Waals surface area contributed by atoms with E-state index in [1.807, 2.05) is 43.3 Å². The van der Waals surface area contributed by atoms with E-state index in [1.54, 1.807) is 0 Å². The van der Waals surface area contributed by atoms with Gasteiger partial charge in [-0.3, -0.25) is 0 Å². The fourth-order valence-corrected chi connectivity index (χ4v) is 2.41. The van der Waals surface area contributed by atoms with Crippen LogP contribution in [0.3, 0.4) is 0 Å².